The molecule has 5 nitrogen and oxygen atoms in total. The van der Waals surface area contributed by atoms with Crippen molar-refractivity contribution in [3.63, 3.8) is 0 Å². The zero-order valence-corrected chi connectivity index (χ0v) is 29.3. The van der Waals surface area contributed by atoms with E-state index in [2.05, 4.69) is 24.5 Å². The summed E-state index contributed by atoms with van der Waals surface area (Å²) in [5.74, 6) is -0.0516. The quantitative estimate of drug-likeness (QED) is 0.0962. The first-order valence-electron chi connectivity index (χ1n) is 18.9. The number of rotatable bonds is 27. The molecule has 0 aliphatic heterocycles. The second-order valence-electron chi connectivity index (χ2n) is 13.1. The molecular formula is C41H64N2O3. The summed E-state index contributed by atoms with van der Waals surface area (Å²) in [5.41, 5.74) is 2.70. The van der Waals surface area contributed by atoms with Gasteiger partial charge in [0.05, 0.1) is 5.69 Å². The number of hydrogen-bond donors (Lipinski definition) is 2. The Bertz CT molecular complexity index is 1140. The van der Waals surface area contributed by atoms with Crippen LogP contribution in [0.25, 0.3) is 11.1 Å². The van der Waals surface area contributed by atoms with Gasteiger partial charge in [0.15, 0.2) is 0 Å². The number of amides is 2. The normalized spacial score (nSPS) is 11.0. The molecule has 0 aliphatic carbocycles. The molecule has 0 saturated heterocycles. The number of unbranched alkanes of at least 4 members (excludes halogenated alkanes) is 20. The van der Waals surface area contributed by atoms with E-state index in [0.29, 0.717) is 18.5 Å². The van der Waals surface area contributed by atoms with Crippen LogP contribution in [-0.2, 0) is 9.59 Å². The average molecular weight is 633 g/mol. The fourth-order valence-corrected chi connectivity index (χ4v) is 5.94. The van der Waals surface area contributed by atoms with Gasteiger partial charge in [-0.05, 0) is 48.2 Å². The Morgan fingerprint density at radius 1 is 0.435 bits per heavy atom. The summed E-state index contributed by atoms with van der Waals surface area (Å²) in [5, 5.41) is 5.81. The number of benzene rings is 1. The summed E-state index contributed by atoms with van der Waals surface area (Å²) in [7, 11) is 0. The highest BCUT2D eigenvalue weighted by Crippen LogP contribution is 2.22. The number of hydrogen-bond acceptors (Lipinski definition) is 3. The van der Waals surface area contributed by atoms with E-state index in [4.69, 9.17) is 0 Å². The van der Waals surface area contributed by atoms with Gasteiger partial charge in [0.2, 0.25) is 17.2 Å². The molecule has 0 atom stereocenters. The number of anilines is 2. The molecule has 0 unspecified atom stereocenters. The molecule has 0 heterocycles. The monoisotopic (exact) mass is 632 g/mol. The number of carbonyl (C=O) groups excluding carboxylic acids is 2. The van der Waals surface area contributed by atoms with E-state index in [1.807, 2.05) is 30.3 Å². The standard InChI is InChI=1S/C41H64N2O3/c1-3-5-7-9-11-12-13-14-15-16-17-18-20-22-24-26-41(46)43-38-33-29-36(30-34-39(38)44)35-27-31-37(32-28-35)42-40(45)25-23-21-19-10-8-6-4-2/h27-34H,3-26H2,1-2H3,(H,42,45)(H,43,44,46). The first-order chi connectivity index (χ1) is 22.5. The van der Waals surface area contributed by atoms with Crippen molar-refractivity contribution >= 4 is 23.2 Å². The van der Waals surface area contributed by atoms with Gasteiger partial charge in [-0.25, -0.2) is 0 Å². The lowest BCUT2D eigenvalue weighted by molar-refractivity contribution is -0.117. The molecule has 2 aromatic rings. The van der Waals surface area contributed by atoms with Gasteiger partial charge in [-0.3, -0.25) is 14.4 Å². The van der Waals surface area contributed by atoms with Crippen LogP contribution in [0.3, 0.4) is 0 Å². The minimum absolute atomic E-state index is 0.0492. The van der Waals surface area contributed by atoms with E-state index in [-0.39, 0.29) is 17.2 Å². The minimum Gasteiger partial charge on any atom is -0.326 e. The van der Waals surface area contributed by atoms with Crippen molar-refractivity contribution in [3.05, 3.63) is 58.8 Å². The molecule has 2 aromatic carbocycles. The third-order valence-corrected chi connectivity index (χ3v) is 8.90. The van der Waals surface area contributed by atoms with Crippen molar-refractivity contribution in [2.24, 2.45) is 0 Å². The Labute approximate surface area is 280 Å². The third-order valence-electron chi connectivity index (χ3n) is 8.90. The fourth-order valence-electron chi connectivity index (χ4n) is 5.94. The predicted molar refractivity (Wildman–Crippen MR) is 198 cm³/mol. The van der Waals surface area contributed by atoms with Crippen LogP contribution in [0.1, 0.15) is 168 Å². The Balaban J connectivity index is 1.62. The number of carbonyl (C=O) groups is 2. The van der Waals surface area contributed by atoms with E-state index in [0.717, 1.165) is 42.5 Å². The van der Waals surface area contributed by atoms with E-state index in [9.17, 15) is 14.4 Å². The highest BCUT2D eigenvalue weighted by atomic mass is 16.2. The third kappa shape index (κ3) is 18.9. The number of nitrogens with one attached hydrogen (secondary N) is 2. The van der Waals surface area contributed by atoms with E-state index in [1.165, 1.54) is 122 Å². The van der Waals surface area contributed by atoms with Crippen molar-refractivity contribution in [1.82, 2.24) is 0 Å². The van der Waals surface area contributed by atoms with Crippen molar-refractivity contribution in [1.29, 1.82) is 0 Å². The lowest BCUT2D eigenvalue weighted by Gasteiger charge is -2.07. The van der Waals surface area contributed by atoms with Gasteiger partial charge in [-0.15, -0.1) is 0 Å². The first kappa shape index (κ1) is 39.2. The van der Waals surface area contributed by atoms with Crippen LogP contribution in [0.4, 0.5) is 11.4 Å². The zero-order chi connectivity index (χ0) is 33.1. The minimum atomic E-state index is -0.203. The topological polar surface area (TPSA) is 75.3 Å². The maximum absolute atomic E-state index is 12.6. The second-order valence-corrected chi connectivity index (χ2v) is 13.1. The lowest BCUT2D eigenvalue weighted by atomic mass is 10.0. The van der Waals surface area contributed by atoms with Crippen LogP contribution in [0.2, 0.25) is 0 Å². The van der Waals surface area contributed by atoms with Crippen molar-refractivity contribution < 1.29 is 9.59 Å². The summed E-state index contributed by atoms with van der Waals surface area (Å²) < 4.78 is 0. The van der Waals surface area contributed by atoms with Gasteiger partial charge in [-0.2, -0.15) is 0 Å². The van der Waals surface area contributed by atoms with Gasteiger partial charge < -0.3 is 10.6 Å². The molecule has 0 bridgehead atoms. The highest BCUT2D eigenvalue weighted by molar-refractivity contribution is 5.91. The van der Waals surface area contributed by atoms with Crippen LogP contribution in [0, 0.1) is 0 Å². The molecule has 0 aromatic heterocycles. The molecule has 0 fully saturated rings. The SMILES string of the molecule is CCCCCCCCCCCCCCCCCC(=O)Nc1ccc(-c2ccc(NC(=O)CCCCCCCCC)cc2)ccc1=O. The van der Waals surface area contributed by atoms with Gasteiger partial charge in [-0.1, -0.05) is 167 Å². The predicted octanol–water partition coefficient (Wildman–Crippen LogP) is 12.0. The molecule has 2 amide bonds. The van der Waals surface area contributed by atoms with Crippen molar-refractivity contribution in [2.75, 3.05) is 10.6 Å². The molecule has 5 heteroatoms. The molecule has 0 aliphatic rings. The summed E-state index contributed by atoms with van der Waals surface area (Å²) in [6.07, 6.45) is 28.7. The van der Waals surface area contributed by atoms with Crippen LogP contribution in [0.15, 0.2) is 53.3 Å². The van der Waals surface area contributed by atoms with Gasteiger partial charge in [0.25, 0.3) is 0 Å². The smallest absolute Gasteiger partial charge is 0.224 e. The Hall–Kier alpha value is -2.95. The molecular weight excluding hydrogens is 568 g/mol. The Morgan fingerprint density at radius 2 is 0.783 bits per heavy atom. The summed E-state index contributed by atoms with van der Waals surface area (Å²) in [6, 6.07) is 14.5. The van der Waals surface area contributed by atoms with Gasteiger partial charge in [0, 0.05) is 18.5 Å². The maximum Gasteiger partial charge on any atom is 0.224 e. The first-order valence-corrected chi connectivity index (χ1v) is 18.9. The Morgan fingerprint density at radius 3 is 1.22 bits per heavy atom. The van der Waals surface area contributed by atoms with Crippen LogP contribution < -0.4 is 16.1 Å². The molecule has 256 valence electrons. The van der Waals surface area contributed by atoms with Crippen molar-refractivity contribution in [3.8, 4) is 11.1 Å². The second kappa shape index (κ2) is 26.2. The fraction of sp³-hybridized carbons (Fsp3) is 0.634. The van der Waals surface area contributed by atoms with Gasteiger partial charge >= 0.3 is 0 Å². The lowest BCUT2D eigenvalue weighted by Crippen LogP contribution is -2.16. The van der Waals surface area contributed by atoms with Crippen LogP contribution >= 0.6 is 0 Å². The molecule has 2 N–H and O–H groups in total. The molecule has 0 spiro atoms. The largest absolute Gasteiger partial charge is 0.326 e. The van der Waals surface area contributed by atoms with Gasteiger partial charge in [0.1, 0.15) is 0 Å². The van der Waals surface area contributed by atoms with Crippen LogP contribution in [0.5, 0.6) is 0 Å². The average Bonchev–Trinajstić information content (AvgIpc) is 3.23. The maximum atomic E-state index is 12.6. The molecule has 0 radical (unpaired) electrons. The summed E-state index contributed by atoms with van der Waals surface area (Å²) >= 11 is 0. The molecule has 0 saturated carbocycles. The summed E-state index contributed by atoms with van der Waals surface area (Å²) in [6.45, 7) is 4.49. The van der Waals surface area contributed by atoms with Crippen LogP contribution in [-0.4, -0.2) is 11.8 Å². The molecule has 46 heavy (non-hydrogen) atoms. The van der Waals surface area contributed by atoms with E-state index in [1.54, 1.807) is 12.1 Å². The summed E-state index contributed by atoms with van der Waals surface area (Å²) in [4.78, 5) is 37.5. The molecule has 2 rings (SSSR count). The zero-order valence-electron chi connectivity index (χ0n) is 29.3. The Kier molecular flexibility index (Phi) is 22.3. The van der Waals surface area contributed by atoms with E-state index < -0.39 is 0 Å². The highest BCUT2D eigenvalue weighted by Gasteiger charge is 2.07. The van der Waals surface area contributed by atoms with Crippen molar-refractivity contribution in [2.45, 2.75) is 168 Å². The van der Waals surface area contributed by atoms with E-state index >= 15 is 0 Å².